The summed E-state index contributed by atoms with van der Waals surface area (Å²) in [4.78, 5) is 11.5. The summed E-state index contributed by atoms with van der Waals surface area (Å²) in [5.74, 6) is 0. The van der Waals surface area contributed by atoms with E-state index in [1.54, 1.807) is 16.7 Å². The zero-order valence-corrected chi connectivity index (χ0v) is 11.1. The van der Waals surface area contributed by atoms with Crippen molar-refractivity contribution in [2.45, 2.75) is 19.4 Å². The van der Waals surface area contributed by atoms with Crippen molar-refractivity contribution in [2.24, 2.45) is 0 Å². The lowest BCUT2D eigenvalue weighted by Crippen LogP contribution is -2.17. The molecule has 3 heteroatoms. The number of benzene rings is 1. The topological polar surface area (TPSA) is 22.0 Å². The molecule has 0 N–H and O–H groups in total. The van der Waals surface area contributed by atoms with Crippen LogP contribution in [0.2, 0.25) is 0 Å². The summed E-state index contributed by atoms with van der Waals surface area (Å²) in [6.07, 6.45) is 3.81. The lowest BCUT2D eigenvalue weighted by molar-refractivity contribution is 0.622. The van der Waals surface area contributed by atoms with Crippen molar-refractivity contribution < 1.29 is 0 Å². The van der Waals surface area contributed by atoms with Gasteiger partial charge >= 0.3 is 0 Å². The lowest BCUT2D eigenvalue weighted by Gasteiger charge is -2.05. The molecule has 17 heavy (non-hydrogen) atoms. The van der Waals surface area contributed by atoms with E-state index in [1.165, 1.54) is 5.56 Å². The van der Waals surface area contributed by atoms with Gasteiger partial charge in [0.15, 0.2) is 0 Å². The summed E-state index contributed by atoms with van der Waals surface area (Å²) < 4.78 is 2.85. The minimum absolute atomic E-state index is 0.0725. The first-order chi connectivity index (χ1) is 8.25. The molecule has 0 amide bonds. The van der Waals surface area contributed by atoms with Gasteiger partial charge in [-0.05, 0) is 36.6 Å². The maximum Gasteiger partial charge on any atom is 0.250 e. The van der Waals surface area contributed by atoms with Gasteiger partial charge in [-0.2, -0.15) is 0 Å². The maximum atomic E-state index is 11.5. The minimum atomic E-state index is 0.0725. The Morgan fingerprint density at radius 2 is 1.82 bits per heavy atom. The Labute approximate surface area is 109 Å². The van der Waals surface area contributed by atoms with Crippen LogP contribution in [0, 0.1) is 0 Å². The van der Waals surface area contributed by atoms with Gasteiger partial charge in [-0.25, -0.2) is 0 Å². The van der Waals surface area contributed by atoms with E-state index in [0.717, 1.165) is 23.9 Å². The van der Waals surface area contributed by atoms with E-state index in [4.69, 9.17) is 0 Å². The van der Waals surface area contributed by atoms with Gasteiger partial charge in [-0.1, -0.05) is 34.1 Å². The third-order valence-corrected chi connectivity index (χ3v) is 3.21. The predicted molar refractivity (Wildman–Crippen MR) is 73.2 cm³/mol. The maximum absolute atomic E-state index is 11.5. The fourth-order valence-electron chi connectivity index (χ4n) is 1.75. The molecule has 0 saturated carbocycles. The van der Waals surface area contributed by atoms with Crippen molar-refractivity contribution >= 4 is 15.9 Å². The Hall–Kier alpha value is -1.35. The largest absolute Gasteiger partial charge is 0.316 e. The van der Waals surface area contributed by atoms with E-state index in [-0.39, 0.29) is 5.56 Å². The average Bonchev–Trinajstić information content (AvgIpc) is 2.34. The van der Waals surface area contributed by atoms with Crippen LogP contribution in [-0.2, 0) is 13.0 Å². The molecule has 0 atom stereocenters. The van der Waals surface area contributed by atoms with Crippen molar-refractivity contribution in [3.05, 3.63) is 69.1 Å². The first-order valence-corrected chi connectivity index (χ1v) is 6.45. The fraction of sp³-hybridized carbons (Fsp3) is 0.214. The summed E-state index contributed by atoms with van der Waals surface area (Å²) in [6, 6.07) is 13.6. The second kappa shape index (κ2) is 5.82. The number of halogens is 1. The van der Waals surface area contributed by atoms with Gasteiger partial charge < -0.3 is 4.57 Å². The van der Waals surface area contributed by atoms with Crippen molar-refractivity contribution in [1.29, 1.82) is 0 Å². The molecule has 0 radical (unpaired) electrons. The van der Waals surface area contributed by atoms with Crippen molar-refractivity contribution in [3.8, 4) is 0 Å². The molecule has 1 aromatic heterocycles. The molecule has 0 unspecified atom stereocenters. The van der Waals surface area contributed by atoms with Crippen LogP contribution in [0.4, 0.5) is 0 Å². The average molecular weight is 292 g/mol. The number of hydrogen-bond acceptors (Lipinski definition) is 1. The first kappa shape index (κ1) is 12.1. The van der Waals surface area contributed by atoms with Crippen molar-refractivity contribution in [3.63, 3.8) is 0 Å². The van der Waals surface area contributed by atoms with Gasteiger partial charge in [0.05, 0.1) is 0 Å². The number of pyridine rings is 1. The van der Waals surface area contributed by atoms with Crippen LogP contribution in [0.1, 0.15) is 12.0 Å². The van der Waals surface area contributed by atoms with Crippen LogP contribution in [-0.4, -0.2) is 4.57 Å². The zero-order chi connectivity index (χ0) is 12.1. The lowest BCUT2D eigenvalue weighted by atomic mass is 10.1. The number of nitrogens with zero attached hydrogens (tertiary/aromatic N) is 1. The van der Waals surface area contributed by atoms with Crippen LogP contribution >= 0.6 is 15.9 Å². The summed E-state index contributed by atoms with van der Waals surface area (Å²) >= 11 is 3.41. The quantitative estimate of drug-likeness (QED) is 0.848. The molecule has 2 rings (SSSR count). The third kappa shape index (κ3) is 3.56. The molecule has 2 aromatic rings. The number of hydrogen-bond donors (Lipinski definition) is 0. The van der Waals surface area contributed by atoms with Crippen LogP contribution in [0.3, 0.4) is 0 Å². The monoisotopic (exact) mass is 291 g/mol. The molecule has 0 fully saturated rings. The molecule has 0 aliphatic carbocycles. The highest BCUT2D eigenvalue weighted by atomic mass is 79.9. The Morgan fingerprint density at radius 3 is 2.53 bits per heavy atom. The minimum Gasteiger partial charge on any atom is -0.316 e. The molecule has 1 heterocycles. The summed E-state index contributed by atoms with van der Waals surface area (Å²) in [7, 11) is 0. The Morgan fingerprint density at radius 1 is 1.06 bits per heavy atom. The van der Waals surface area contributed by atoms with E-state index in [9.17, 15) is 4.79 Å². The van der Waals surface area contributed by atoms with Crippen LogP contribution in [0.15, 0.2) is 57.9 Å². The van der Waals surface area contributed by atoms with E-state index in [2.05, 4.69) is 28.1 Å². The van der Waals surface area contributed by atoms with Crippen molar-refractivity contribution in [2.75, 3.05) is 0 Å². The standard InChI is InChI=1S/C14H14BrNO/c15-13-8-6-12(7-9-13)4-3-11-16-10-2-1-5-14(16)17/h1-2,5-10H,3-4,11H2. The van der Waals surface area contributed by atoms with Gasteiger partial charge in [0, 0.05) is 23.3 Å². The normalized spacial score (nSPS) is 10.4. The Bertz CT molecular complexity index is 530. The highest BCUT2D eigenvalue weighted by molar-refractivity contribution is 9.10. The van der Waals surface area contributed by atoms with E-state index in [1.807, 2.05) is 24.4 Å². The summed E-state index contributed by atoms with van der Waals surface area (Å²) in [5.41, 5.74) is 1.38. The predicted octanol–water partition coefficient (Wildman–Crippen LogP) is 3.24. The number of aryl methyl sites for hydroxylation is 2. The van der Waals surface area contributed by atoms with Gasteiger partial charge in [-0.15, -0.1) is 0 Å². The molecular weight excluding hydrogens is 278 g/mol. The number of aromatic nitrogens is 1. The van der Waals surface area contributed by atoms with Gasteiger partial charge in [0.25, 0.3) is 0 Å². The summed E-state index contributed by atoms with van der Waals surface area (Å²) in [5, 5.41) is 0. The van der Waals surface area contributed by atoms with E-state index < -0.39 is 0 Å². The van der Waals surface area contributed by atoms with E-state index in [0.29, 0.717) is 0 Å². The smallest absolute Gasteiger partial charge is 0.250 e. The Balaban J connectivity index is 1.90. The zero-order valence-electron chi connectivity index (χ0n) is 9.47. The van der Waals surface area contributed by atoms with E-state index >= 15 is 0 Å². The summed E-state index contributed by atoms with van der Waals surface area (Å²) in [6.45, 7) is 0.774. The molecule has 0 saturated heterocycles. The second-order valence-electron chi connectivity index (χ2n) is 3.96. The Kier molecular flexibility index (Phi) is 4.15. The highest BCUT2D eigenvalue weighted by Gasteiger charge is 1.96. The third-order valence-electron chi connectivity index (χ3n) is 2.68. The van der Waals surface area contributed by atoms with Crippen LogP contribution in [0.25, 0.3) is 0 Å². The van der Waals surface area contributed by atoms with Gasteiger partial charge in [0.2, 0.25) is 5.56 Å². The SMILES string of the molecule is O=c1ccccn1CCCc1ccc(Br)cc1. The molecule has 88 valence electrons. The van der Waals surface area contributed by atoms with Crippen LogP contribution in [0.5, 0.6) is 0 Å². The molecule has 0 bridgehead atoms. The molecular formula is C14H14BrNO. The molecule has 2 nitrogen and oxygen atoms in total. The fourth-order valence-corrected chi connectivity index (χ4v) is 2.01. The van der Waals surface area contributed by atoms with Gasteiger partial charge in [0.1, 0.15) is 0 Å². The molecule has 0 spiro atoms. The molecule has 1 aromatic carbocycles. The number of rotatable bonds is 4. The molecule has 0 aliphatic heterocycles. The second-order valence-corrected chi connectivity index (χ2v) is 4.88. The van der Waals surface area contributed by atoms with Gasteiger partial charge in [-0.3, -0.25) is 4.79 Å². The van der Waals surface area contributed by atoms with Crippen LogP contribution < -0.4 is 5.56 Å². The highest BCUT2D eigenvalue weighted by Crippen LogP contribution is 2.11. The first-order valence-electron chi connectivity index (χ1n) is 5.65. The molecule has 0 aliphatic rings. The van der Waals surface area contributed by atoms with Crippen molar-refractivity contribution in [1.82, 2.24) is 4.57 Å².